The van der Waals surface area contributed by atoms with Crippen LogP contribution >= 0.6 is 27.3 Å². The second kappa shape index (κ2) is 7.17. The third-order valence-corrected chi connectivity index (χ3v) is 5.59. The zero-order chi connectivity index (χ0) is 15.5. The van der Waals surface area contributed by atoms with Gasteiger partial charge in [0.2, 0.25) is 0 Å². The number of piperazine rings is 1. The lowest BCUT2D eigenvalue weighted by Gasteiger charge is -2.40. The van der Waals surface area contributed by atoms with E-state index in [2.05, 4.69) is 66.4 Å². The molecule has 0 radical (unpaired) electrons. The molecule has 1 saturated heterocycles. The van der Waals surface area contributed by atoms with Gasteiger partial charge in [0.05, 0.1) is 10.5 Å². The van der Waals surface area contributed by atoms with Crippen LogP contribution in [0, 0.1) is 0 Å². The molecule has 0 N–H and O–H groups in total. The van der Waals surface area contributed by atoms with E-state index in [1.807, 2.05) is 12.4 Å². The largest absolute Gasteiger partial charge is 0.294 e. The van der Waals surface area contributed by atoms with Gasteiger partial charge in [-0.3, -0.25) is 9.80 Å². The molecule has 1 fully saturated rings. The minimum atomic E-state index is 0.270. The predicted octanol–water partition coefficient (Wildman–Crippen LogP) is 3.74. The van der Waals surface area contributed by atoms with Crippen molar-refractivity contribution >= 4 is 27.3 Å². The van der Waals surface area contributed by atoms with Crippen LogP contribution in [0.3, 0.4) is 0 Å². The highest BCUT2D eigenvalue weighted by Gasteiger charge is 2.26. The topological polar surface area (TPSA) is 32.3 Å². The molecule has 0 amide bonds. The van der Waals surface area contributed by atoms with Gasteiger partial charge >= 0.3 is 0 Å². The molecule has 2 aromatic rings. The predicted molar refractivity (Wildman–Crippen MR) is 94.0 cm³/mol. The fourth-order valence-corrected chi connectivity index (χ4v) is 3.89. The van der Waals surface area contributed by atoms with Gasteiger partial charge in [-0.1, -0.05) is 0 Å². The van der Waals surface area contributed by atoms with E-state index in [0.717, 1.165) is 36.5 Å². The van der Waals surface area contributed by atoms with Crippen molar-refractivity contribution < 1.29 is 0 Å². The van der Waals surface area contributed by atoms with Crippen molar-refractivity contribution in [2.75, 3.05) is 26.2 Å². The Hall–Kier alpha value is -0.820. The van der Waals surface area contributed by atoms with Gasteiger partial charge in [-0.15, -0.1) is 0 Å². The van der Waals surface area contributed by atoms with E-state index >= 15 is 0 Å². The van der Waals surface area contributed by atoms with Gasteiger partial charge in [0.25, 0.3) is 0 Å². The van der Waals surface area contributed by atoms with Crippen LogP contribution in [-0.4, -0.2) is 45.9 Å². The average Bonchev–Trinajstić information content (AvgIpc) is 3.09. The summed E-state index contributed by atoms with van der Waals surface area (Å²) >= 11 is 5.17. The van der Waals surface area contributed by atoms with Crippen molar-refractivity contribution in [1.29, 1.82) is 0 Å². The number of rotatable bonds is 4. The monoisotopic (exact) mass is 380 g/mol. The summed E-state index contributed by atoms with van der Waals surface area (Å²) in [7, 11) is 0. The summed E-state index contributed by atoms with van der Waals surface area (Å²) in [5, 5.41) is 4.42. The Balaban J connectivity index is 1.58. The van der Waals surface area contributed by atoms with Crippen LogP contribution in [-0.2, 0) is 0 Å². The van der Waals surface area contributed by atoms with Crippen LogP contribution in [0.15, 0.2) is 33.7 Å². The van der Waals surface area contributed by atoms with E-state index in [9.17, 15) is 0 Å². The maximum atomic E-state index is 4.44. The molecule has 2 aromatic heterocycles. The molecule has 3 rings (SSSR count). The summed E-state index contributed by atoms with van der Waals surface area (Å²) in [6, 6.07) is 3.01. The molecule has 3 heterocycles. The summed E-state index contributed by atoms with van der Waals surface area (Å²) in [6.07, 6.45) is 3.65. The lowest BCUT2D eigenvalue weighted by Crippen LogP contribution is -2.47. The molecule has 1 aliphatic rings. The zero-order valence-corrected chi connectivity index (χ0v) is 15.3. The number of halogens is 1. The Bertz CT molecular complexity index is 579. The highest BCUT2D eigenvalue weighted by molar-refractivity contribution is 9.10. The first-order chi connectivity index (χ1) is 10.6. The van der Waals surface area contributed by atoms with Crippen molar-refractivity contribution in [3.8, 4) is 0 Å². The van der Waals surface area contributed by atoms with Crippen LogP contribution in [0.2, 0.25) is 0 Å². The van der Waals surface area contributed by atoms with Gasteiger partial charge in [0, 0.05) is 44.6 Å². The Labute approximate surface area is 144 Å². The highest BCUT2D eigenvalue weighted by Crippen LogP contribution is 2.26. The molecule has 0 saturated carbocycles. The number of thiophene rings is 1. The SMILES string of the molecule is C[C@H](c1ncc(Br)cn1)N1CCN([C@@H](C)c2ccsc2)CC1. The Kier molecular flexibility index (Phi) is 5.23. The summed E-state index contributed by atoms with van der Waals surface area (Å²) in [6.45, 7) is 8.82. The number of aromatic nitrogens is 2. The third kappa shape index (κ3) is 3.56. The second-order valence-corrected chi connectivity index (χ2v) is 7.44. The molecule has 1 aliphatic heterocycles. The third-order valence-electron chi connectivity index (χ3n) is 4.48. The van der Waals surface area contributed by atoms with Crippen LogP contribution in [0.5, 0.6) is 0 Å². The summed E-state index contributed by atoms with van der Waals surface area (Å²) in [5.74, 6) is 0.905. The Morgan fingerprint density at radius 3 is 2.18 bits per heavy atom. The van der Waals surface area contributed by atoms with E-state index < -0.39 is 0 Å². The van der Waals surface area contributed by atoms with Crippen LogP contribution in [0.1, 0.15) is 37.3 Å². The minimum absolute atomic E-state index is 0.270. The molecule has 118 valence electrons. The van der Waals surface area contributed by atoms with E-state index in [4.69, 9.17) is 0 Å². The summed E-state index contributed by atoms with van der Waals surface area (Å²) < 4.78 is 0.929. The normalized spacial score (nSPS) is 20.0. The molecule has 0 aromatic carbocycles. The molecular formula is C16H21BrN4S. The molecule has 4 nitrogen and oxygen atoms in total. The fraction of sp³-hybridized carbons (Fsp3) is 0.500. The Morgan fingerprint density at radius 1 is 1.05 bits per heavy atom. The van der Waals surface area contributed by atoms with Crippen LogP contribution in [0.4, 0.5) is 0 Å². The van der Waals surface area contributed by atoms with E-state index in [0.29, 0.717) is 6.04 Å². The highest BCUT2D eigenvalue weighted by atomic mass is 79.9. The molecule has 0 bridgehead atoms. The van der Waals surface area contributed by atoms with E-state index in [1.54, 1.807) is 11.3 Å². The van der Waals surface area contributed by atoms with Crippen LogP contribution < -0.4 is 0 Å². The molecule has 6 heteroatoms. The lowest BCUT2D eigenvalue weighted by molar-refractivity contribution is 0.0759. The van der Waals surface area contributed by atoms with E-state index in [-0.39, 0.29) is 6.04 Å². The average molecular weight is 381 g/mol. The van der Waals surface area contributed by atoms with Crippen LogP contribution in [0.25, 0.3) is 0 Å². The molecule has 2 atom stereocenters. The first-order valence-electron chi connectivity index (χ1n) is 7.63. The smallest absolute Gasteiger partial charge is 0.145 e. The first kappa shape index (κ1) is 16.1. The van der Waals surface area contributed by atoms with Gasteiger partial charge in [-0.2, -0.15) is 11.3 Å². The molecule has 0 spiro atoms. The maximum Gasteiger partial charge on any atom is 0.145 e. The standard InChI is InChI=1S/C16H21BrN4S/c1-12(14-3-8-22-11-14)20-4-6-21(7-5-20)13(2)16-18-9-15(17)10-19-16/h3,8-13H,4-7H2,1-2H3/t12-,13+/m0/s1. The van der Waals surface area contributed by atoms with Gasteiger partial charge in [-0.05, 0) is 52.2 Å². The van der Waals surface area contributed by atoms with Crippen molar-refractivity contribution in [3.63, 3.8) is 0 Å². The van der Waals surface area contributed by atoms with E-state index in [1.165, 1.54) is 5.56 Å². The molecule has 0 aliphatic carbocycles. The van der Waals surface area contributed by atoms with Gasteiger partial charge in [0.15, 0.2) is 0 Å². The summed E-state index contributed by atoms with van der Waals surface area (Å²) in [5.41, 5.74) is 1.43. The molecular weight excluding hydrogens is 360 g/mol. The summed E-state index contributed by atoms with van der Waals surface area (Å²) in [4.78, 5) is 13.9. The van der Waals surface area contributed by atoms with Gasteiger partial charge in [0.1, 0.15) is 5.82 Å². The van der Waals surface area contributed by atoms with Crippen molar-refractivity contribution in [1.82, 2.24) is 19.8 Å². The first-order valence-corrected chi connectivity index (χ1v) is 9.36. The minimum Gasteiger partial charge on any atom is -0.294 e. The number of hydrogen-bond acceptors (Lipinski definition) is 5. The lowest BCUT2D eigenvalue weighted by atomic mass is 10.1. The molecule has 22 heavy (non-hydrogen) atoms. The van der Waals surface area contributed by atoms with Crippen molar-refractivity contribution in [3.05, 3.63) is 45.1 Å². The van der Waals surface area contributed by atoms with Crippen molar-refractivity contribution in [2.45, 2.75) is 25.9 Å². The zero-order valence-electron chi connectivity index (χ0n) is 12.9. The quantitative estimate of drug-likeness (QED) is 0.808. The van der Waals surface area contributed by atoms with Crippen molar-refractivity contribution in [2.24, 2.45) is 0 Å². The Morgan fingerprint density at radius 2 is 1.64 bits per heavy atom. The van der Waals surface area contributed by atoms with Gasteiger partial charge in [-0.25, -0.2) is 9.97 Å². The van der Waals surface area contributed by atoms with Gasteiger partial charge < -0.3 is 0 Å². The second-order valence-electron chi connectivity index (χ2n) is 5.74. The fourth-order valence-electron chi connectivity index (χ4n) is 2.94. The maximum absolute atomic E-state index is 4.44. The number of nitrogens with zero attached hydrogens (tertiary/aromatic N) is 4. The number of hydrogen-bond donors (Lipinski definition) is 0. The molecule has 0 unspecified atom stereocenters.